The van der Waals surface area contributed by atoms with Gasteiger partial charge in [0.15, 0.2) is 0 Å². The Hall–Kier alpha value is -2.10. The number of phenols is 1. The molecular formula is C13H15N3O. The molecule has 0 amide bonds. The molecule has 1 aromatic carbocycles. The summed E-state index contributed by atoms with van der Waals surface area (Å²) in [5, 5.41) is 20.7. The minimum absolute atomic E-state index is 0.253. The molecule has 88 valence electrons. The van der Waals surface area contributed by atoms with Crippen molar-refractivity contribution in [1.29, 1.82) is 0 Å². The van der Waals surface area contributed by atoms with Gasteiger partial charge in [-0.3, -0.25) is 0 Å². The summed E-state index contributed by atoms with van der Waals surface area (Å²) in [4.78, 5) is 0. The van der Waals surface area contributed by atoms with Gasteiger partial charge < -0.3 is 10.4 Å². The Labute approximate surface area is 100 Å². The molecule has 0 unspecified atom stereocenters. The van der Waals surface area contributed by atoms with Crippen molar-refractivity contribution in [3.63, 3.8) is 0 Å². The Balaban J connectivity index is 2.36. The van der Waals surface area contributed by atoms with E-state index in [2.05, 4.69) is 15.5 Å². The van der Waals surface area contributed by atoms with Gasteiger partial charge >= 0.3 is 0 Å². The van der Waals surface area contributed by atoms with Gasteiger partial charge in [0.1, 0.15) is 11.6 Å². The highest BCUT2D eigenvalue weighted by atomic mass is 16.3. The summed E-state index contributed by atoms with van der Waals surface area (Å²) in [6.07, 6.45) is 0. The average Bonchev–Trinajstić information content (AvgIpc) is 2.31. The Morgan fingerprint density at radius 1 is 1.18 bits per heavy atom. The van der Waals surface area contributed by atoms with Crippen molar-refractivity contribution in [3.8, 4) is 17.0 Å². The number of aromatic hydroxyl groups is 1. The third-order valence-corrected chi connectivity index (χ3v) is 2.48. The summed E-state index contributed by atoms with van der Waals surface area (Å²) in [5.41, 5.74) is 2.85. The Morgan fingerprint density at radius 2 is 1.88 bits per heavy atom. The van der Waals surface area contributed by atoms with Gasteiger partial charge in [-0.15, -0.1) is 10.2 Å². The fraction of sp³-hybridized carbons (Fsp3) is 0.231. The zero-order chi connectivity index (χ0) is 12.3. The number of hydrogen-bond donors (Lipinski definition) is 2. The Bertz CT molecular complexity index is 509. The van der Waals surface area contributed by atoms with Crippen LogP contribution >= 0.6 is 0 Å². The molecule has 2 rings (SSSR count). The fourth-order valence-electron chi connectivity index (χ4n) is 1.66. The molecule has 2 aromatic rings. The number of anilines is 1. The van der Waals surface area contributed by atoms with Crippen LogP contribution in [0.2, 0.25) is 0 Å². The smallest absolute Gasteiger partial charge is 0.148 e. The first kappa shape index (κ1) is 11.4. The van der Waals surface area contributed by atoms with Gasteiger partial charge in [-0.2, -0.15) is 0 Å². The minimum Gasteiger partial charge on any atom is -0.508 e. The highest BCUT2D eigenvalue weighted by Crippen LogP contribution is 2.23. The summed E-state index contributed by atoms with van der Waals surface area (Å²) in [6.45, 7) is 4.84. The fourth-order valence-corrected chi connectivity index (χ4v) is 1.66. The first-order valence-electron chi connectivity index (χ1n) is 5.58. The van der Waals surface area contributed by atoms with Crippen molar-refractivity contribution < 1.29 is 5.11 Å². The number of phenolic OH excluding ortho intramolecular Hbond substituents is 1. The van der Waals surface area contributed by atoms with E-state index < -0.39 is 0 Å². The van der Waals surface area contributed by atoms with Crippen LogP contribution in [0, 0.1) is 6.92 Å². The monoisotopic (exact) mass is 229 g/mol. The average molecular weight is 229 g/mol. The number of aromatic nitrogens is 2. The zero-order valence-corrected chi connectivity index (χ0v) is 9.94. The van der Waals surface area contributed by atoms with E-state index in [-0.39, 0.29) is 5.75 Å². The van der Waals surface area contributed by atoms with Crippen LogP contribution in [-0.2, 0) is 0 Å². The molecule has 0 aliphatic carbocycles. The maximum Gasteiger partial charge on any atom is 0.148 e. The van der Waals surface area contributed by atoms with Crippen molar-refractivity contribution in [1.82, 2.24) is 10.2 Å². The summed E-state index contributed by atoms with van der Waals surface area (Å²) < 4.78 is 0. The Morgan fingerprint density at radius 3 is 2.47 bits per heavy atom. The van der Waals surface area contributed by atoms with E-state index in [1.165, 1.54) is 0 Å². The van der Waals surface area contributed by atoms with Gasteiger partial charge in [-0.25, -0.2) is 0 Å². The Kier molecular flexibility index (Phi) is 3.23. The van der Waals surface area contributed by atoms with Crippen molar-refractivity contribution in [2.75, 3.05) is 11.9 Å². The van der Waals surface area contributed by atoms with Crippen LogP contribution in [0.1, 0.15) is 12.5 Å². The van der Waals surface area contributed by atoms with E-state index in [9.17, 15) is 5.11 Å². The molecule has 0 aliphatic rings. The third kappa shape index (κ3) is 2.53. The van der Waals surface area contributed by atoms with Crippen LogP contribution in [0.5, 0.6) is 5.75 Å². The second-order valence-corrected chi connectivity index (χ2v) is 3.84. The van der Waals surface area contributed by atoms with Crippen LogP contribution < -0.4 is 5.32 Å². The molecule has 17 heavy (non-hydrogen) atoms. The van der Waals surface area contributed by atoms with E-state index in [1.54, 1.807) is 12.1 Å². The summed E-state index contributed by atoms with van der Waals surface area (Å²) in [6, 6.07) is 8.93. The molecule has 1 heterocycles. The summed E-state index contributed by atoms with van der Waals surface area (Å²) in [5.74, 6) is 1.04. The number of hydrogen-bond acceptors (Lipinski definition) is 4. The van der Waals surface area contributed by atoms with Crippen molar-refractivity contribution in [2.24, 2.45) is 0 Å². The van der Waals surface area contributed by atoms with Gasteiger partial charge in [0.25, 0.3) is 0 Å². The second kappa shape index (κ2) is 4.82. The predicted octanol–water partition coefficient (Wildman–Crippen LogP) is 2.59. The number of benzene rings is 1. The summed E-state index contributed by atoms with van der Waals surface area (Å²) >= 11 is 0. The number of aryl methyl sites for hydroxylation is 1. The molecule has 0 aliphatic heterocycles. The van der Waals surface area contributed by atoms with E-state index in [1.807, 2.05) is 32.0 Å². The van der Waals surface area contributed by atoms with Crippen LogP contribution in [0.15, 0.2) is 30.3 Å². The molecule has 0 saturated heterocycles. The lowest BCUT2D eigenvalue weighted by molar-refractivity contribution is 0.475. The quantitative estimate of drug-likeness (QED) is 0.849. The SMILES string of the molecule is CCNc1cc(C)c(-c2ccc(O)cc2)nn1. The standard InChI is InChI=1S/C13H15N3O/c1-3-14-12-8-9(2)13(16-15-12)10-4-6-11(17)7-5-10/h4-8,17H,3H2,1-2H3,(H,14,15). The molecule has 4 heteroatoms. The maximum absolute atomic E-state index is 9.24. The lowest BCUT2D eigenvalue weighted by atomic mass is 10.1. The zero-order valence-electron chi connectivity index (χ0n) is 9.94. The van der Waals surface area contributed by atoms with Gasteiger partial charge in [-0.1, -0.05) is 0 Å². The van der Waals surface area contributed by atoms with Gasteiger partial charge in [0.2, 0.25) is 0 Å². The molecule has 0 radical (unpaired) electrons. The summed E-state index contributed by atoms with van der Waals surface area (Å²) in [7, 11) is 0. The molecule has 0 saturated carbocycles. The van der Waals surface area contributed by atoms with Crippen LogP contribution in [0.3, 0.4) is 0 Å². The lowest BCUT2D eigenvalue weighted by Gasteiger charge is -2.07. The van der Waals surface area contributed by atoms with E-state index in [0.717, 1.165) is 29.2 Å². The third-order valence-electron chi connectivity index (χ3n) is 2.48. The molecule has 2 N–H and O–H groups in total. The molecule has 0 fully saturated rings. The predicted molar refractivity (Wildman–Crippen MR) is 68.0 cm³/mol. The van der Waals surface area contributed by atoms with Gasteiger partial charge in [0, 0.05) is 12.1 Å². The molecule has 4 nitrogen and oxygen atoms in total. The van der Waals surface area contributed by atoms with E-state index in [0.29, 0.717) is 0 Å². The van der Waals surface area contributed by atoms with Crippen molar-refractivity contribution >= 4 is 5.82 Å². The number of nitrogens with one attached hydrogen (secondary N) is 1. The second-order valence-electron chi connectivity index (χ2n) is 3.84. The molecular weight excluding hydrogens is 214 g/mol. The first-order valence-corrected chi connectivity index (χ1v) is 5.58. The molecule has 0 spiro atoms. The largest absolute Gasteiger partial charge is 0.508 e. The van der Waals surface area contributed by atoms with Crippen molar-refractivity contribution in [2.45, 2.75) is 13.8 Å². The van der Waals surface area contributed by atoms with Crippen LogP contribution in [0.25, 0.3) is 11.3 Å². The topological polar surface area (TPSA) is 58.0 Å². The molecule has 1 aromatic heterocycles. The maximum atomic E-state index is 9.24. The van der Waals surface area contributed by atoms with Crippen LogP contribution in [-0.4, -0.2) is 21.8 Å². The first-order chi connectivity index (χ1) is 8.20. The van der Waals surface area contributed by atoms with E-state index >= 15 is 0 Å². The highest BCUT2D eigenvalue weighted by Gasteiger charge is 2.05. The van der Waals surface area contributed by atoms with Gasteiger partial charge in [0.05, 0.1) is 5.69 Å². The number of rotatable bonds is 3. The number of nitrogens with zero attached hydrogens (tertiary/aromatic N) is 2. The minimum atomic E-state index is 0.253. The van der Waals surface area contributed by atoms with E-state index in [4.69, 9.17) is 0 Å². The molecule has 0 atom stereocenters. The molecule has 0 bridgehead atoms. The van der Waals surface area contributed by atoms with Gasteiger partial charge in [-0.05, 0) is 49.7 Å². The van der Waals surface area contributed by atoms with Crippen LogP contribution in [0.4, 0.5) is 5.82 Å². The lowest BCUT2D eigenvalue weighted by Crippen LogP contribution is -2.02. The normalized spacial score (nSPS) is 10.2. The van der Waals surface area contributed by atoms with Crippen molar-refractivity contribution in [3.05, 3.63) is 35.9 Å². The highest BCUT2D eigenvalue weighted by molar-refractivity contribution is 5.64.